The lowest BCUT2D eigenvalue weighted by atomic mass is 9.34. The van der Waals surface area contributed by atoms with Gasteiger partial charge in [0.05, 0.1) is 27.8 Å². The first-order chi connectivity index (χ1) is 22.9. The molecule has 0 saturated carbocycles. The maximum atomic E-state index is 6.97. The normalized spacial score (nSPS) is 12.9. The number of hydrogen-bond donors (Lipinski definition) is 0. The molecule has 11 rings (SSSR count). The van der Waals surface area contributed by atoms with Gasteiger partial charge in [0.25, 0.3) is 0 Å². The van der Waals surface area contributed by atoms with Gasteiger partial charge in [-0.25, -0.2) is 0 Å². The molecule has 4 heteroatoms. The van der Waals surface area contributed by atoms with Crippen LogP contribution in [-0.2, 0) is 0 Å². The summed E-state index contributed by atoms with van der Waals surface area (Å²) in [4.78, 5) is 0. The van der Waals surface area contributed by atoms with E-state index in [1.807, 2.05) is 0 Å². The summed E-state index contributed by atoms with van der Waals surface area (Å²) in [6, 6.07) is 55.0. The average molecular weight is 584 g/mol. The molecule has 0 unspecified atom stereocenters. The summed E-state index contributed by atoms with van der Waals surface area (Å²) >= 11 is 0. The molecular formula is C42H25BN2O. The van der Waals surface area contributed by atoms with E-state index < -0.39 is 0 Å². The minimum absolute atomic E-state index is 0.0133. The van der Waals surface area contributed by atoms with Gasteiger partial charge in [0.1, 0.15) is 0 Å². The summed E-state index contributed by atoms with van der Waals surface area (Å²) < 4.78 is 11.9. The van der Waals surface area contributed by atoms with Crippen LogP contribution in [0, 0.1) is 0 Å². The first-order valence-electron chi connectivity index (χ1n) is 15.9. The highest BCUT2D eigenvalue weighted by molar-refractivity contribution is 6.98. The van der Waals surface area contributed by atoms with Gasteiger partial charge in [0.15, 0.2) is 11.5 Å². The average Bonchev–Trinajstić information content (AvgIpc) is 3.65. The van der Waals surface area contributed by atoms with E-state index in [1.165, 1.54) is 71.3 Å². The second kappa shape index (κ2) is 8.80. The molecule has 9 aromatic rings. The Balaban J connectivity index is 1.34. The number of rotatable bonds is 2. The Bertz CT molecular complexity index is 2740. The Morgan fingerprint density at radius 2 is 1.13 bits per heavy atom. The van der Waals surface area contributed by atoms with Crippen molar-refractivity contribution in [2.24, 2.45) is 0 Å². The zero-order valence-corrected chi connectivity index (χ0v) is 24.8. The van der Waals surface area contributed by atoms with E-state index in [-0.39, 0.29) is 6.71 Å². The number of para-hydroxylation sites is 4. The second-order valence-corrected chi connectivity index (χ2v) is 12.4. The minimum Gasteiger partial charge on any atom is -0.453 e. The topological polar surface area (TPSA) is 19.1 Å². The van der Waals surface area contributed by atoms with Gasteiger partial charge in [-0.3, -0.25) is 0 Å². The minimum atomic E-state index is 0.0133. The number of ether oxygens (including phenoxy) is 1. The molecule has 46 heavy (non-hydrogen) atoms. The van der Waals surface area contributed by atoms with E-state index in [2.05, 4.69) is 161 Å². The van der Waals surface area contributed by atoms with Crippen molar-refractivity contribution in [1.82, 2.24) is 9.13 Å². The Morgan fingerprint density at radius 3 is 2.00 bits per heavy atom. The molecule has 2 aromatic heterocycles. The van der Waals surface area contributed by atoms with Crippen LogP contribution in [0.5, 0.6) is 11.5 Å². The predicted octanol–water partition coefficient (Wildman–Crippen LogP) is 8.48. The first-order valence-corrected chi connectivity index (χ1v) is 15.9. The maximum Gasteiger partial charge on any atom is 0.247 e. The summed E-state index contributed by atoms with van der Waals surface area (Å²) in [6.07, 6.45) is 0. The quantitative estimate of drug-likeness (QED) is 0.187. The zero-order valence-electron chi connectivity index (χ0n) is 24.8. The van der Waals surface area contributed by atoms with Gasteiger partial charge in [-0.2, -0.15) is 0 Å². The molecule has 2 aliphatic rings. The molecule has 0 bridgehead atoms. The number of nitrogens with zero attached hydrogens (tertiary/aromatic N) is 2. The van der Waals surface area contributed by atoms with Gasteiger partial charge < -0.3 is 13.9 Å². The van der Waals surface area contributed by atoms with Crippen molar-refractivity contribution < 1.29 is 4.74 Å². The SMILES string of the molecule is c1ccc(-c2ccccc2B2c3ccccc3-n3c4ccccc4c4c5c(cc2c43)Oc2cccc3c4ccccc4n-5c23)cc1. The zero-order chi connectivity index (χ0) is 29.9. The molecule has 3 nitrogen and oxygen atoms in total. The third-order valence-corrected chi connectivity index (χ3v) is 10.2. The van der Waals surface area contributed by atoms with Crippen LogP contribution in [0.4, 0.5) is 0 Å². The largest absolute Gasteiger partial charge is 0.453 e. The summed E-state index contributed by atoms with van der Waals surface area (Å²) in [7, 11) is 0. The Labute approximate surface area is 265 Å². The van der Waals surface area contributed by atoms with Crippen molar-refractivity contribution in [2.45, 2.75) is 0 Å². The third-order valence-electron chi connectivity index (χ3n) is 10.2. The van der Waals surface area contributed by atoms with Gasteiger partial charge in [0, 0.05) is 27.2 Å². The van der Waals surface area contributed by atoms with E-state index in [9.17, 15) is 0 Å². The molecule has 0 radical (unpaired) electrons. The van der Waals surface area contributed by atoms with Crippen LogP contribution in [0.25, 0.3) is 66.1 Å². The highest BCUT2D eigenvalue weighted by Crippen LogP contribution is 2.49. The summed E-state index contributed by atoms with van der Waals surface area (Å²) in [5.74, 6) is 1.79. The molecule has 0 N–H and O–H groups in total. The van der Waals surface area contributed by atoms with Gasteiger partial charge in [-0.05, 0) is 52.4 Å². The van der Waals surface area contributed by atoms with Crippen LogP contribution in [0.15, 0.2) is 152 Å². The van der Waals surface area contributed by atoms with E-state index in [0.717, 1.165) is 22.7 Å². The van der Waals surface area contributed by atoms with E-state index in [4.69, 9.17) is 4.74 Å². The van der Waals surface area contributed by atoms with Gasteiger partial charge >= 0.3 is 0 Å². The van der Waals surface area contributed by atoms with Crippen molar-refractivity contribution >= 4 is 66.7 Å². The first kappa shape index (κ1) is 24.3. The van der Waals surface area contributed by atoms with Crippen LogP contribution in [0.2, 0.25) is 0 Å². The molecular weight excluding hydrogens is 559 g/mol. The van der Waals surface area contributed by atoms with Gasteiger partial charge in [-0.1, -0.05) is 127 Å². The molecule has 7 aromatic carbocycles. The number of aromatic nitrogens is 2. The van der Waals surface area contributed by atoms with Crippen molar-refractivity contribution in [1.29, 1.82) is 0 Å². The van der Waals surface area contributed by atoms with E-state index in [1.54, 1.807) is 0 Å². The summed E-state index contributed by atoms with van der Waals surface area (Å²) in [5.41, 5.74) is 13.5. The highest BCUT2D eigenvalue weighted by Gasteiger charge is 2.38. The second-order valence-electron chi connectivity index (χ2n) is 12.4. The predicted molar refractivity (Wildman–Crippen MR) is 192 cm³/mol. The van der Waals surface area contributed by atoms with Crippen molar-refractivity contribution in [3.05, 3.63) is 152 Å². The van der Waals surface area contributed by atoms with Crippen molar-refractivity contribution in [3.8, 4) is 34.0 Å². The van der Waals surface area contributed by atoms with Crippen LogP contribution in [0.1, 0.15) is 0 Å². The lowest BCUT2D eigenvalue weighted by molar-refractivity contribution is 0.478. The fourth-order valence-electron chi connectivity index (χ4n) is 8.41. The Morgan fingerprint density at radius 1 is 0.457 bits per heavy atom. The molecule has 0 saturated heterocycles. The molecule has 0 fully saturated rings. The summed E-state index contributed by atoms with van der Waals surface area (Å²) in [5, 5.41) is 4.92. The fourth-order valence-corrected chi connectivity index (χ4v) is 8.41. The van der Waals surface area contributed by atoms with Gasteiger partial charge in [-0.15, -0.1) is 0 Å². The third kappa shape index (κ3) is 2.99. The molecule has 0 spiro atoms. The standard InChI is InChI=1S/C42H25BN2O/c1-2-13-26(14-3-1)27-15-4-7-19-31(27)43-32-20-8-11-23-36(32)44-35-22-10-6-17-30(35)39-41(44)33(43)25-38-42(39)45-34-21-9-5-16-28(34)29-18-12-24-37(46-38)40(29)45/h1-25H. The number of fused-ring (bicyclic) bond motifs is 11. The lowest BCUT2D eigenvalue weighted by Crippen LogP contribution is -2.56. The maximum absolute atomic E-state index is 6.97. The molecule has 0 aliphatic carbocycles. The lowest BCUT2D eigenvalue weighted by Gasteiger charge is -2.30. The van der Waals surface area contributed by atoms with Crippen LogP contribution < -0.4 is 21.1 Å². The molecule has 2 aliphatic heterocycles. The highest BCUT2D eigenvalue weighted by atomic mass is 16.5. The summed E-state index contributed by atoms with van der Waals surface area (Å²) in [6.45, 7) is 0.0133. The van der Waals surface area contributed by atoms with Gasteiger partial charge in [0.2, 0.25) is 6.71 Å². The molecule has 4 heterocycles. The van der Waals surface area contributed by atoms with E-state index in [0.29, 0.717) is 0 Å². The smallest absolute Gasteiger partial charge is 0.247 e. The van der Waals surface area contributed by atoms with E-state index >= 15 is 0 Å². The number of hydrogen-bond acceptors (Lipinski definition) is 1. The van der Waals surface area contributed by atoms with Crippen LogP contribution >= 0.6 is 0 Å². The van der Waals surface area contributed by atoms with Crippen LogP contribution in [0.3, 0.4) is 0 Å². The number of benzene rings is 7. The monoisotopic (exact) mass is 584 g/mol. The van der Waals surface area contributed by atoms with Crippen molar-refractivity contribution in [2.75, 3.05) is 0 Å². The van der Waals surface area contributed by atoms with Crippen molar-refractivity contribution in [3.63, 3.8) is 0 Å². The molecule has 212 valence electrons. The Kier molecular flexibility index (Phi) is 4.66. The molecule has 0 amide bonds. The van der Waals surface area contributed by atoms with Crippen LogP contribution in [-0.4, -0.2) is 15.8 Å². The fraction of sp³-hybridized carbons (Fsp3) is 0. The molecule has 0 atom stereocenters. The Hall–Kier alpha value is -6.00.